The van der Waals surface area contributed by atoms with E-state index < -0.39 is 11.7 Å². The molecule has 0 radical (unpaired) electrons. The van der Waals surface area contributed by atoms with E-state index in [2.05, 4.69) is 15.3 Å². The van der Waals surface area contributed by atoms with Crippen molar-refractivity contribution in [1.82, 2.24) is 19.4 Å². The van der Waals surface area contributed by atoms with Gasteiger partial charge in [-0.05, 0) is 43.3 Å². The van der Waals surface area contributed by atoms with E-state index in [4.69, 9.17) is 4.74 Å². The van der Waals surface area contributed by atoms with Crippen LogP contribution >= 0.6 is 0 Å². The van der Waals surface area contributed by atoms with Crippen LogP contribution in [0.3, 0.4) is 0 Å². The molecule has 2 aromatic carbocycles. The van der Waals surface area contributed by atoms with E-state index in [1.165, 1.54) is 30.0 Å². The Balaban J connectivity index is 1.31. The highest BCUT2D eigenvalue weighted by atomic mass is 19.1. The SMILES string of the molecule is COc1cc(NC(=O)c2cc(F)ccc2N2CCN(C(=O)Cn3c(=O)[nH]c4ccccc43)[C@H](C)C2)ccn1. The fourth-order valence-electron chi connectivity index (χ4n) is 4.80. The van der Waals surface area contributed by atoms with Gasteiger partial charge in [-0.1, -0.05) is 12.1 Å². The molecule has 0 unspecified atom stereocenters. The van der Waals surface area contributed by atoms with Crippen molar-refractivity contribution in [3.05, 3.63) is 82.7 Å². The fraction of sp³-hybridized carbons (Fsp3) is 0.259. The van der Waals surface area contributed by atoms with Crippen LogP contribution in [0.25, 0.3) is 11.0 Å². The highest BCUT2D eigenvalue weighted by molar-refractivity contribution is 6.08. The number of hydrogen-bond donors (Lipinski definition) is 2. The number of piperazine rings is 1. The molecular formula is C27H27FN6O4. The van der Waals surface area contributed by atoms with Gasteiger partial charge in [0.2, 0.25) is 11.8 Å². The number of rotatable bonds is 6. The van der Waals surface area contributed by atoms with Crippen LogP contribution in [-0.2, 0) is 11.3 Å². The Labute approximate surface area is 217 Å². The molecule has 2 N–H and O–H groups in total. The number of anilines is 2. The summed E-state index contributed by atoms with van der Waals surface area (Å²) in [4.78, 5) is 49.2. The van der Waals surface area contributed by atoms with Gasteiger partial charge in [0, 0.05) is 49.3 Å². The van der Waals surface area contributed by atoms with Crippen molar-refractivity contribution in [3.8, 4) is 5.88 Å². The number of halogens is 1. The lowest BCUT2D eigenvalue weighted by molar-refractivity contribution is -0.134. The van der Waals surface area contributed by atoms with Gasteiger partial charge in [-0.3, -0.25) is 14.2 Å². The molecule has 196 valence electrons. The van der Waals surface area contributed by atoms with Crippen LogP contribution in [0.2, 0.25) is 0 Å². The highest BCUT2D eigenvalue weighted by Gasteiger charge is 2.30. The summed E-state index contributed by atoms with van der Waals surface area (Å²) in [6.45, 7) is 3.09. The summed E-state index contributed by atoms with van der Waals surface area (Å²) in [5.74, 6) is -0.839. The first-order valence-corrected chi connectivity index (χ1v) is 12.2. The number of hydrogen-bond acceptors (Lipinski definition) is 6. The molecule has 1 aliphatic heterocycles. The van der Waals surface area contributed by atoms with Crippen molar-refractivity contribution < 1.29 is 18.7 Å². The number of methoxy groups -OCH3 is 1. The second-order valence-electron chi connectivity index (χ2n) is 9.12. The minimum Gasteiger partial charge on any atom is -0.481 e. The number of aromatic nitrogens is 3. The number of carbonyl (C=O) groups excluding carboxylic acids is 2. The second-order valence-corrected chi connectivity index (χ2v) is 9.12. The van der Waals surface area contributed by atoms with Crippen LogP contribution in [0.15, 0.2) is 65.6 Å². The minimum atomic E-state index is -0.530. The summed E-state index contributed by atoms with van der Waals surface area (Å²) in [5.41, 5.74) is 2.23. The lowest BCUT2D eigenvalue weighted by atomic mass is 10.1. The first kappa shape index (κ1) is 25.0. The van der Waals surface area contributed by atoms with Gasteiger partial charge in [0.25, 0.3) is 5.91 Å². The molecule has 0 saturated carbocycles. The third kappa shape index (κ3) is 4.95. The van der Waals surface area contributed by atoms with E-state index in [1.54, 1.807) is 35.2 Å². The summed E-state index contributed by atoms with van der Waals surface area (Å²) < 4.78 is 20.7. The van der Waals surface area contributed by atoms with Gasteiger partial charge in [0.05, 0.1) is 23.7 Å². The van der Waals surface area contributed by atoms with Crippen LogP contribution in [0.1, 0.15) is 17.3 Å². The third-order valence-electron chi connectivity index (χ3n) is 6.67. The maximum atomic E-state index is 14.2. The van der Waals surface area contributed by atoms with Crippen molar-refractivity contribution >= 4 is 34.2 Å². The van der Waals surface area contributed by atoms with Crippen molar-refractivity contribution in [2.45, 2.75) is 19.5 Å². The predicted molar refractivity (Wildman–Crippen MR) is 141 cm³/mol. The molecule has 11 heteroatoms. The topological polar surface area (TPSA) is 113 Å². The number of fused-ring (bicyclic) bond motifs is 1. The molecule has 2 amide bonds. The van der Waals surface area contributed by atoms with Gasteiger partial charge in [-0.15, -0.1) is 0 Å². The number of para-hydroxylation sites is 2. The molecule has 2 aromatic heterocycles. The van der Waals surface area contributed by atoms with Gasteiger partial charge >= 0.3 is 5.69 Å². The second kappa shape index (κ2) is 10.4. The Morgan fingerprint density at radius 1 is 1.16 bits per heavy atom. The standard InChI is InChI=1S/C27H27FN6O4/c1-17-15-32(11-12-33(17)25(35)16-34-23-6-4-3-5-21(23)31-27(34)37)22-8-7-18(28)13-20(22)26(36)30-19-9-10-29-24(14-19)38-2/h3-10,13-14,17H,11-12,15-16H2,1-2H3,(H,31,37)(H,29,30,36)/t17-/m1/s1. The van der Waals surface area contributed by atoms with Gasteiger partial charge in [-0.25, -0.2) is 14.2 Å². The summed E-state index contributed by atoms with van der Waals surface area (Å²) in [7, 11) is 1.48. The Hall–Kier alpha value is -4.67. The van der Waals surface area contributed by atoms with Crippen LogP contribution < -0.4 is 20.6 Å². The average molecular weight is 519 g/mol. The molecule has 4 aromatic rings. The van der Waals surface area contributed by atoms with Gasteiger partial charge in [-0.2, -0.15) is 0 Å². The lowest BCUT2D eigenvalue weighted by Crippen LogP contribution is -2.55. The highest BCUT2D eigenvalue weighted by Crippen LogP contribution is 2.26. The van der Waals surface area contributed by atoms with E-state index in [0.29, 0.717) is 47.9 Å². The number of amides is 2. The zero-order chi connectivity index (χ0) is 26.8. The molecule has 0 bridgehead atoms. The van der Waals surface area contributed by atoms with Crippen LogP contribution in [0.5, 0.6) is 5.88 Å². The summed E-state index contributed by atoms with van der Waals surface area (Å²) in [6.07, 6.45) is 1.50. The smallest absolute Gasteiger partial charge is 0.326 e. The molecule has 1 atom stereocenters. The summed E-state index contributed by atoms with van der Waals surface area (Å²) in [6, 6.07) is 14.3. The molecular weight excluding hydrogens is 491 g/mol. The molecule has 10 nitrogen and oxygen atoms in total. The Bertz CT molecular complexity index is 1560. The average Bonchev–Trinajstić information content (AvgIpc) is 3.23. The van der Waals surface area contributed by atoms with E-state index in [-0.39, 0.29) is 29.7 Å². The maximum absolute atomic E-state index is 14.2. The number of aromatic amines is 1. The number of nitrogens with one attached hydrogen (secondary N) is 2. The Morgan fingerprint density at radius 3 is 2.76 bits per heavy atom. The van der Waals surface area contributed by atoms with Crippen LogP contribution in [0.4, 0.5) is 15.8 Å². The quantitative estimate of drug-likeness (QED) is 0.406. The number of benzene rings is 2. The number of pyridine rings is 1. The summed E-state index contributed by atoms with van der Waals surface area (Å²) in [5, 5.41) is 2.77. The van der Waals surface area contributed by atoms with Crippen molar-refractivity contribution in [1.29, 1.82) is 0 Å². The molecule has 0 aliphatic carbocycles. The van der Waals surface area contributed by atoms with Gasteiger partial charge < -0.3 is 24.8 Å². The third-order valence-corrected chi connectivity index (χ3v) is 6.67. The molecule has 5 rings (SSSR count). The first-order valence-electron chi connectivity index (χ1n) is 12.2. The van der Waals surface area contributed by atoms with Crippen LogP contribution in [-0.4, -0.2) is 64.0 Å². The molecule has 1 fully saturated rings. The van der Waals surface area contributed by atoms with E-state index in [0.717, 1.165) is 0 Å². The van der Waals surface area contributed by atoms with Crippen molar-refractivity contribution in [3.63, 3.8) is 0 Å². The molecule has 1 saturated heterocycles. The molecule has 1 aliphatic rings. The van der Waals surface area contributed by atoms with Crippen molar-refractivity contribution in [2.24, 2.45) is 0 Å². The molecule has 38 heavy (non-hydrogen) atoms. The molecule has 0 spiro atoms. The predicted octanol–water partition coefficient (Wildman–Crippen LogP) is 2.86. The normalized spacial score (nSPS) is 15.5. The Kier molecular flexibility index (Phi) is 6.82. The largest absolute Gasteiger partial charge is 0.481 e. The Morgan fingerprint density at radius 2 is 1.97 bits per heavy atom. The number of ether oxygens (including phenoxy) is 1. The minimum absolute atomic E-state index is 0.0766. The number of carbonyl (C=O) groups is 2. The lowest BCUT2D eigenvalue weighted by Gasteiger charge is -2.41. The zero-order valence-corrected chi connectivity index (χ0v) is 21.0. The van der Waals surface area contributed by atoms with Crippen molar-refractivity contribution in [2.75, 3.05) is 37.0 Å². The number of nitrogens with zero attached hydrogens (tertiary/aromatic N) is 4. The summed E-state index contributed by atoms with van der Waals surface area (Å²) >= 11 is 0. The van der Waals surface area contributed by atoms with E-state index >= 15 is 0 Å². The zero-order valence-electron chi connectivity index (χ0n) is 21.0. The fourth-order valence-corrected chi connectivity index (χ4v) is 4.80. The van der Waals surface area contributed by atoms with Gasteiger partial charge in [0.1, 0.15) is 12.4 Å². The number of imidazole rings is 1. The van der Waals surface area contributed by atoms with E-state index in [1.807, 2.05) is 24.0 Å². The molecule has 3 heterocycles. The maximum Gasteiger partial charge on any atom is 0.326 e. The van der Waals surface area contributed by atoms with Crippen LogP contribution in [0, 0.1) is 5.82 Å². The van der Waals surface area contributed by atoms with Gasteiger partial charge in [0.15, 0.2) is 0 Å². The van der Waals surface area contributed by atoms with E-state index in [9.17, 15) is 18.8 Å². The number of H-pyrrole nitrogens is 1. The monoisotopic (exact) mass is 518 g/mol. The first-order chi connectivity index (χ1) is 18.3.